The van der Waals surface area contributed by atoms with Crippen LogP contribution in [0.1, 0.15) is 258 Å². The van der Waals surface area contributed by atoms with E-state index in [-0.39, 0.29) is 31.1 Å². The van der Waals surface area contributed by atoms with Crippen molar-refractivity contribution in [2.45, 2.75) is 264 Å². The minimum absolute atomic E-state index is 0.0887. The summed E-state index contributed by atoms with van der Waals surface area (Å²) >= 11 is 0. The molecule has 0 aliphatic heterocycles. The summed E-state index contributed by atoms with van der Waals surface area (Å²) < 4.78 is 16.7. The lowest BCUT2D eigenvalue weighted by molar-refractivity contribution is -0.167. The summed E-state index contributed by atoms with van der Waals surface area (Å²) in [4.78, 5) is 37.8. The second-order valence-corrected chi connectivity index (χ2v) is 17.0. The molecular weight excluding hydrogens is 745 g/mol. The van der Waals surface area contributed by atoms with E-state index in [0.717, 1.165) is 77.0 Å². The predicted molar refractivity (Wildman–Crippen MR) is 256 cm³/mol. The van der Waals surface area contributed by atoms with Gasteiger partial charge in [-0.2, -0.15) is 0 Å². The molecule has 1 atom stereocenters. The van der Waals surface area contributed by atoms with Crippen LogP contribution >= 0.6 is 0 Å². The molecule has 0 saturated carbocycles. The second-order valence-electron chi connectivity index (χ2n) is 17.0. The summed E-state index contributed by atoms with van der Waals surface area (Å²) in [6, 6.07) is 0. The Kier molecular flexibility index (Phi) is 46.9. The summed E-state index contributed by atoms with van der Waals surface area (Å²) in [5, 5.41) is 0. The van der Waals surface area contributed by atoms with Crippen LogP contribution in [0.3, 0.4) is 0 Å². The van der Waals surface area contributed by atoms with E-state index in [1.54, 1.807) is 0 Å². The van der Waals surface area contributed by atoms with Crippen LogP contribution in [-0.4, -0.2) is 37.2 Å². The molecule has 0 aliphatic carbocycles. The highest BCUT2D eigenvalue weighted by atomic mass is 16.6. The third-order valence-electron chi connectivity index (χ3n) is 11.0. The van der Waals surface area contributed by atoms with E-state index in [0.29, 0.717) is 19.3 Å². The Hall–Kier alpha value is -2.63. The smallest absolute Gasteiger partial charge is 0.306 e. The van der Waals surface area contributed by atoms with Crippen molar-refractivity contribution >= 4 is 17.9 Å². The normalized spacial score (nSPS) is 12.4. The van der Waals surface area contributed by atoms with Crippen molar-refractivity contribution in [3.8, 4) is 0 Å². The standard InChI is InChI=1S/C54H96O6/c1-4-7-10-13-16-19-21-23-25-26-27-29-30-32-35-38-41-44-47-53(56)59-50-51(49-58-52(55)46-43-40-37-34-18-15-12-9-6-3)60-54(57)48-45-42-39-36-33-31-28-24-22-20-17-14-11-8-5-2/h9,12,18,20,22,27,29,34,51H,4-8,10-11,13-17,19,21,23-26,28,30-33,35-50H2,1-3H3/b12-9-,22-20-,29-27-,34-18-. The highest BCUT2D eigenvalue weighted by Gasteiger charge is 2.19. The van der Waals surface area contributed by atoms with Crippen molar-refractivity contribution in [1.82, 2.24) is 0 Å². The quantitative estimate of drug-likeness (QED) is 0.0263. The van der Waals surface area contributed by atoms with Gasteiger partial charge in [0.25, 0.3) is 0 Å². The summed E-state index contributed by atoms with van der Waals surface area (Å²) in [7, 11) is 0. The first-order valence-electron chi connectivity index (χ1n) is 25.6. The molecule has 6 heteroatoms. The Bertz CT molecular complexity index is 1060. The molecule has 0 radical (unpaired) electrons. The van der Waals surface area contributed by atoms with Crippen LogP contribution in [0.5, 0.6) is 0 Å². The minimum Gasteiger partial charge on any atom is -0.462 e. The van der Waals surface area contributed by atoms with Gasteiger partial charge in [0.15, 0.2) is 6.10 Å². The Labute approximate surface area is 371 Å². The lowest BCUT2D eigenvalue weighted by Gasteiger charge is -2.18. The van der Waals surface area contributed by atoms with Gasteiger partial charge in [-0.1, -0.05) is 191 Å². The van der Waals surface area contributed by atoms with Gasteiger partial charge >= 0.3 is 17.9 Å². The molecule has 1 unspecified atom stereocenters. The number of rotatable bonds is 46. The van der Waals surface area contributed by atoms with Crippen LogP contribution < -0.4 is 0 Å². The molecule has 0 saturated heterocycles. The van der Waals surface area contributed by atoms with E-state index >= 15 is 0 Å². The molecule has 0 fully saturated rings. The topological polar surface area (TPSA) is 78.9 Å². The van der Waals surface area contributed by atoms with Crippen LogP contribution in [0.25, 0.3) is 0 Å². The van der Waals surface area contributed by atoms with E-state index < -0.39 is 6.10 Å². The fourth-order valence-corrected chi connectivity index (χ4v) is 7.17. The number of hydrogen-bond donors (Lipinski definition) is 0. The van der Waals surface area contributed by atoms with Crippen LogP contribution in [0, 0.1) is 0 Å². The summed E-state index contributed by atoms with van der Waals surface area (Å²) in [6.07, 6.45) is 58.2. The first kappa shape index (κ1) is 57.4. The zero-order chi connectivity index (χ0) is 43.7. The first-order chi connectivity index (χ1) is 29.5. The largest absolute Gasteiger partial charge is 0.462 e. The molecule has 0 rings (SSSR count). The van der Waals surface area contributed by atoms with Gasteiger partial charge in [0.2, 0.25) is 0 Å². The lowest BCUT2D eigenvalue weighted by Crippen LogP contribution is -2.30. The number of ether oxygens (including phenoxy) is 3. The molecule has 0 aliphatic rings. The molecule has 0 aromatic rings. The average molecular weight is 841 g/mol. The van der Waals surface area contributed by atoms with Gasteiger partial charge in [-0.3, -0.25) is 14.4 Å². The summed E-state index contributed by atoms with van der Waals surface area (Å²) in [6.45, 7) is 6.47. The molecule has 60 heavy (non-hydrogen) atoms. The number of hydrogen-bond acceptors (Lipinski definition) is 6. The predicted octanol–water partition coefficient (Wildman–Crippen LogP) is 16.7. The number of unbranched alkanes of at least 4 members (excludes halogenated alkanes) is 27. The van der Waals surface area contributed by atoms with Gasteiger partial charge in [0.1, 0.15) is 13.2 Å². The second kappa shape index (κ2) is 49.0. The van der Waals surface area contributed by atoms with Crippen LogP contribution in [0.2, 0.25) is 0 Å². The van der Waals surface area contributed by atoms with Crippen LogP contribution in [0.15, 0.2) is 48.6 Å². The molecule has 0 spiro atoms. The third-order valence-corrected chi connectivity index (χ3v) is 11.0. The molecule has 0 heterocycles. The zero-order valence-electron chi connectivity index (χ0n) is 39.7. The maximum atomic E-state index is 12.8. The van der Waals surface area contributed by atoms with Gasteiger partial charge < -0.3 is 14.2 Å². The maximum absolute atomic E-state index is 12.8. The molecule has 348 valence electrons. The fourth-order valence-electron chi connectivity index (χ4n) is 7.17. The average Bonchev–Trinajstić information content (AvgIpc) is 3.24. The maximum Gasteiger partial charge on any atom is 0.306 e. The Morgan fingerprint density at radius 2 is 0.650 bits per heavy atom. The third kappa shape index (κ3) is 46.4. The number of allylic oxidation sites excluding steroid dienone is 8. The number of carbonyl (C=O) groups excluding carboxylic acids is 3. The SMILES string of the molecule is CC/C=C\C/C=C\CCCCC(=O)OCC(COC(=O)CCCCCCC/C=C\CCCCCCCCCCC)OC(=O)CCCCCCCCC/C=C\CCCCCC. The van der Waals surface area contributed by atoms with Gasteiger partial charge in [0, 0.05) is 19.3 Å². The fraction of sp³-hybridized carbons (Fsp3) is 0.796. The lowest BCUT2D eigenvalue weighted by atomic mass is 10.1. The minimum atomic E-state index is -0.789. The molecule has 0 N–H and O–H groups in total. The van der Waals surface area contributed by atoms with Crippen molar-refractivity contribution < 1.29 is 28.6 Å². The summed E-state index contributed by atoms with van der Waals surface area (Å²) in [5.41, 5.74) is 0. The molecule has 6 nitrogen and oxygen atoms in total. The van der Waals surface area contributed by atoms with Gasteiger partial charge in [-0.25, -0.2) is 0 Å². The van der Waals surface area contributed by atoms with Gasteiger partial charge in [-0.05, 0) is 96.3 Å². The van der Waals surface area contributed by atoms with Gasteiger partial charge in [-0.15, -0.1) is 0 Å². The highest BCUT2D eigenvalue weighted by molar-refractivity contribution is 5.71. The van der Waals surface area contributed by atoms with E-state index in [2.05, 4.69) is 69.4 Å². The Morgan fingerprint density at radius 3 is 1.07 bits per heavy atom. The van der Waals surface area contributed by atoms with E-state index in [4.69, 9.17) is 14.2 Å². The van der Waals surface area contributed by atoms with Crippen LogP contribution in [0.4, 0.5) is 0 Å². The van der Waals surface area contributed by atoms with E-state index in [9.17, 15) is 14.4 Å². The molecule has 0 aromatic carbocycles. The Balaban J connectivity index is 4.33. The number of carbonyl (C=O) groups is 3. The molecule has 0 amide bonds. The monoisotopic (exact) mass is 841 g/mol. The molecule has 0 aromatic heterocycles. The Morgan fingerprint density at radius 1 is 0.350 bits per heavy atom. The first-order valence-corrected chi connectivity index (χ1v) is 25.6. The van der Waals surface area contributed by atoms with E-state index in [1.807, 2.05) is 0 Å². The van der Waals surface area contributed by atoms with Crippen molar-refractivity contribution in [2.24, 2.45) is 0 Å². The van der Waals surface area contributed by atoms with Crippen molar-refractivity contribution in [3.63, 3.8) is 0 Å². The van der Waals surface area contributed by atoms with Crippen molar-refractivity contribution in [3.05, 3.63) is 48.6 Å². The van der Waals surface area contributed by atoms with Crippen LogP contribution in [-0.2, 0) is 28.6 Å². The van der Waals surface area contributed by atoms with E-state index in [1.165, 1.54) is 141 Å². The van der Waals surface area contributed by atoms with Gasteiger partial charge in [0.05, 0.1) is 0 Å². The van der Waals surface area contributed by atoms with Crippen molar-refractivity contribution in [2.75, 3.05) is 13.2 Å². The molecule has 0 bridgehead atoms. The highest BCUT2D eigenvalue weighted by Crippen LogP contribution is 2.14. The zero-order valence-corrected chi connectivity index (χ0v) is 39.7. The number of esters is 3. The summed E-state index contributed by atoms with van der Waals surface area (Å²) in [5.74, 6) is -0.934. The molecular formula is C54H96O6. The van der Waals surface area contributed by atoms with Crippen molar-refractivity contribution in [1.29, 1.82) is 0 Å².